The maximum atomic E-state index is 11.7. The highest BCUT2D eigenvalue weighted by Gasteiger charge is 2.14. The van der Waals surface area contributed by atoms with Crippen LogP contribution in [0.2, 0.25) is 0 Å². The minimum Gasteiger partial charge on any atom is -0.330 e. The molecule has 1 rings (SSSR count). The van der Waals surface area contributed by atoms with E-state index in [0.717, 1.165) is 0 Å². The van der Waals surface area contributed by atoms with Crippen molar-refractivity contribution in [2.24, 2.45) is 5.73 Å². The lowest BCUT2D eigenvalue weighted by Gasteiger charge is -2.06. The van der Waals surface area contributed by atoms with Gasteiger partial charge in [0.2, 0.25) is 5.91 Å². The molecule has 0 spiro atoms. The Balaban J connectivity index is 2.74. The van der Waals surface area contributed by atoms with Crippen LogP contribution in [-0.4, -0.2) is 27.5 Å². The average molecular weight is 272 g/mol. The Labute approximate surface area is 106 Å². The van der Waals surface area contributed by atoms with Crippen molar-refractivity contribution >= 4 is 21.7 Å². The Kier molecular flexibility index (Phi) is 5.26. The zero-order valence-electron chi connectivity index (χ0n) is 10.0. The Bertz CT molecular complexity index is 496. The quantitative estimate of drug-likeness (QED) is 0.586. The maximum Gasteiger partial charge on any atom is 0.296 e. The summed E-state index contributed by atoms with van der Waals surface area (Å²) in [4.78, 5) is 10.9. The molecule has 0 aliphatic heterocycles. The molecule has 0 aliphatic carbocycles. The van der Waals surface area contributed by atoms with Crippen LogP contribution in [0.4, 0.5) is 5.69 Å². The lowest BCUT2D eigenvalue weighted by Crippen LogP contribution is -2.11. The van der Waals surface area contributed by atoms with Crippen molar-refractivity contribution in [3.63, 3.8) is 0 Å². The second-order valence-electron chi connectivity index (χ2n) is 3.62. The van der Waals surface area contributed by atoms with E-state index >= 15 is 0 Å². The molecule has 0 aromatic heterocycles. The zero-order chi connectivity index (χ0) is 13.6. The van der Waals surface area contributed by atoms with Crippen LogP contribution in [0.15, 0.2) is 29.2 Å². The van der Waals surface area contributed by atoms with Crippen LogP contribution >= 0.6 is 0 Å². The Hall–Kier alpha value is -1.44. The van der Waals surface area contributed by atoms with E-state index < -0.39 is 10.1 Å². The third-order valence-corrected chi connectivity index (χ3v) is 3.38. The number of rotatable bonds is 6. The molecular weight excluding hydrogens is 256 g/mol. The van der Waals surface area contributed by atoms with Crippen molar-refractivity contribution in [2.45, 2.75) is 18.2 Å². The first-order valence-electron chi connectivity index (χ1n) is 5.43. The molecule has 0 saturated heterocycles. The third-order valence-electron chi connectivity index (χ3n) is 2.05. The molecule has 0 heterocycles. The lowest BCUT2D eigenvalue weighted by atomic mass is 10.3. The number of hydrogen-bond donors (Lipinski definition) is 2. The highest BCUT2D eigenvalue weighted by Crippen LogP contribution is 2.16. The maximum absolute atomic E-state index is 11.7. The van der Waals surface area contributed by atoms with Crippen molar-refractivity contribution in [3.8, 4) is 0 Å². The fourth-order valence-corrected chi connectivity index (χ4v) is 2.17. The molecule has 0 radical (unpaired) electrons. The van der Waals surface area contributed by atoms with Crippen LogP contribution < -0.4 is 11.1 Å². The number of amides is 1. The molecule has 1 aromatic carbocycles. The Morgan fingerprint density at radius 2 is 1.94 bits per heavy atom. The summed E-state index contributed by atoms with van der Waals surface area (Å²) in [5.41, 5.74) is 5.78. The molecule has 6 nitrogen and oxygen atoms in total. The molecule has 100 valence electrons. The topological polar surface area (TPSA) is 98.5 Å². The van der Waals surface area contributed by atoms with Crippen molar-refractivity contribution in [1.29, 1.82) is 0 Å². The van der Waals surface area contributed by atoms with Crippen LogP contribution in [0.3, 0.4) is 0 Å². The van der Waals surface area contributed by atoms with Crippen LogP contribution in [0.25, 0.3) is 0 Å². The summed E-state index contributed by atoms with van der Waals surface area (Å²) in [5.74, 6) is -0.218. The van der Waals surface area contributed by atoms with E-state index in [9.17, 15) is 13.2 Å². The van der Waals surface area contributed by atoms with E-state index in [1.807, 2.05) is 0 Å². The van der Waals surface area contributed by atoms with Crippen LogP contribution in [-0.2, 0) is 19.1 Å². The van der Waals surface area contributed by atoms with Crippen molar-refractivity contribution < 1.29 is 17.4 Å². The van der Waals surface area contributed by atoms with E-state index in [0.29, 0.717) is 18.7 Å². The predicted octanol–water partition coefficient (Wildman–Crippen LogP) is 0.699. The summed E-state index contributed by atoms with van der Waals surface area (Å²) in [7, 11) is -3.75. The molecule has 0 aliphatic rings. The summed E-state index contributed by atoms with van der Waals surface area (Å²) >= 11 is 0. The molecule has 1 amide bonds. The van der Waals surface area contributed by atoms with E-state index in [4.69, 9.17) is 9.92 Å². The zero-order valence-corrected chi connectivity index (χ0v) is 10.9. The van der Waals surface area contributed by atoms with Gasteiger partial charge in [0.1, 0.15) is 0 Å². The predicted molar refractivity (Wildman–Crippen MR) is 67.6 cm³/mol. The van der Waals surface area contributed by atoms with Gasteiger partial charge in [0.15, 0.2) is 0 Å². The summed E-state index contributed by atoms with van der Waals surface area (Å²) in [6, 6.07) is 5.76. The molecule has 0 atom stereocenters. The number of hydrogen-bond acceptors (Lipinski definition) is 5. The first-order chi connectivity index (χ1) is 8.45. The number of carbonyl (C=O) groups is 1. The van der Waals surface area contributed by atoms with Crippen molar-refractivity contribution in [3.05, 3.63) is 24.3 Å². The van der Waals surface area contributed by atoms with E-state index in [1.165, 1.54) is 31.2 Å². The second kappa shape index (κ2) is 6.48. The normalized spacial score (nSPS) is 11.2. The summed E-state index contributed by atoms with van der Waals surface area (Å²) in [6.45, 7) is 1.81. The fraction of sp³-hybridized carbons (Fsp3) is 0.364. The molecule has 3 N–H and O–H groups in total. The molecule has 0 unspecified atom stereocenters. The smallest absolute Gasteiger partial charge is 0.296 e. The highest BCUT2D eigenvalue weighted by atomic mass is 32.2. The summed E-state index contributed by atoms with van der Waals surface area (Å²) < 4.78 is 28.2. The molecule has 0 saturated carbocycles. The largest absolute Gasteiger partial charge is 0.330 e. The first-order valence-corrected chi connectivity index (χ1v) is 6.83. The number of carbonyl (C=O) groups excluding carboxylic acids is 1. The minimum absolute atomic E-state index is 0.0497. The number of nitrogens with one attached hydrogen (secondary N) is 1. The first kappa shape index (κ1) is 14.6. The van der Waals surface area contributed by atoms with Gasteiger partial charge in [-0.25, -0.2) is 0 Å². The van der Waals surface area contributed by atoms with Crippen LogP contribution in [0.5, 0.6) is 0 Å². The molecule has 0 bridgehead atoms. The van der Waals surface area contributed by atoms with Crippen molar-refractivity contribution in [1.82, 2.24) is 0 Å². The summed E-state index contributed by atoms with van der Waals surface area (Å²) in [6.07, 6.45) is 0.475. The number of benzene rings is 1. The molecule has 7 heteroatoms. The third kappa shape index (κ3) is 4.44. The molecule has 0 fully saturated rings. The van der Waals surface area contributed by atoms with Gasteiger partial charge in [0, 0.05) is 12.6 Å². The Morgan fingerprint density at radius 3 is 2.44 bits per heavy atom. The number of anilines is 1. The molecular formula is C11H16N2O4S. The van der Waals surface area contributed by atoms with Gasteiger partial charge in [-0.2, -0.15) is 8.42 Å². The standard InChI is InChI=1S/C11H16N2O4S/c1-9(14)13-10-3-5-11(6-4-10)18(15,16)17-8-2-7-12/h3-6H,2,7-8,12H2,1H3,(H,13,14). The van der Waals surface area contributed by atoms with E-state index in [2.05, 4.69) is 5.32 Å². The lowest BCUT2D eigenvalue weighted by molar-refractivity contribution is -0.114. The number of nitrogens with two attached hydrogens (primary N) is 1. The van der Waals surface area contributed by atoms with Gasteiger partial charge >= 0.3 is 0 Å². The van der Waals surface area contributed by atoms with Gasteiger partial charge in [0.25, 0.3) is 10.1 Å². The van der Waals surface area contributed by atoms with Gasteiger partial charge in [-0.05, 0) is 37.2 Å². The minimum atomic E-state index is -3.75. The van der Waals surface area contributed by atoms with E-state index in [-0.39, 0.29) is 17.4 Å². The SMILES string of the molecule is CC(=O)Nc1ccc(S(=O)(=O)OCCCN)cc1. The Morgan fingerprint density at radius 1 is 1.33 bits per heavy atom. The average Bonchev–Trinajstić information content (AvgIpc) is 2.29. The van der Waals surface area contributed by atoms with Gasteiger partial charge in [0.05, 0.1) is 11.5 Å². The molecule has 1 aromatic rings. The van der Waals surface area contributed by atoms with Gasteiger partial charge < -0.3 is 11.1 Å². The van der Waals surface area contributed by atoms with Crippen LogP contribution in [0.1, 0.15) is 13.3 Å². The van der Waals surface area contributed by atoms with Crippen molar-refractivity contribution in [2.75, 3.05) is 18.5 Å². The molecule has 18 heavy (non-hydrogen) atoms. The van der Waals surface area contributed by atoms with Crippen LogP contribution in [0, 0.1) is 0 Å². The summed E-state index contributed by atoms with van der Waals surface area (Å²) in [5, 5.41) is 2.54. The van der Waals surface area contributed by atoms with Gasteiger partial charge in [-0.1, -0.05) is 0 Å². The van der Waals surface area contributed by atoms with E-state index in [1.54, 1.807) is 0 Å². The highest BCUT2D eigenvalue weighted by molar-refractivity contribution is 7.86. The van der Waals surface area contributed by atoms with Gasteiger partial charge in [-0.15, -0.1) is 0 Å². The monoisotopic (exact) mass is 272 g/mol. The van der Waals surface area contributed by atoms with Gasteiger partial charge in [-0.3, -0.25) is 8.98 Å². The second-order valence-corrected chi connectivity index (χ2v) is 5.24. The fourth-order valence-electron chi connectivity index (χ4n) is 1.23.